The summed E-state index contributed by atoms with van der Waals surface area (Å²) in [5, 5.41) is 3.32. The van der Waals surface area contributed by atoms with E-state index >= 15 is 0 Å². The van der Waals surface area contributed by atoms with Crippen LogP contribution in [-0.4, -0.2) is 42.1 Å². The predicted molar refractivity (Wildman–Crippen MR) is 104 cm³/mol. The summed E-state index contributed by atoms with van der Waals surface area (Å²) in [7, 11) is 1.64. The number of methoxy groups -OCH3 is 1. The van der Waals surface area contributed by atoms with Gasteiger partial charge in [0.15, 0.2) is 0 Å². The Morgan fingerprint density at radius 2 is 1.69 bits per heavy atom. The number of nitrogens with one attached hydrogen (secondary N) is 1. The van der Waals surface area contributed by atoms with Crippen molar-refractivity contribution in [3.05, 3.63) is 29.8 Å². The molecule has 2 atom stereocenters. The minimum absolute atomic E-state index is 0.0399. The lowest BCUT2D eigenvalue weighted by Crippen LogP contribution is -2.60. The van der Waals surface area contributed by atoms with E-state index in [-0.39, 0.29) is 5.91 Å². The third-order valence-corrected chi connectivity index (χ3v) is 6.69. The van der Waals surface area contributed by atoms with Gasteiger partial charge in [0, 0.05) is 29.7 Å². The van der Waals surface area contributed by atoms with Gasteiger partial charge in [-0.25, -0.2) is 0 Å². The van der Waals surface area contributed by atoms with Crippen molar-refractivity contribution < 1.29 is 9.53 Å². The fourth-order valence-corrected chi connectivity index (χ4v) is 5.54. The van der Waals surface area contributed by atoms with Crippen LogP contribution in [0, 0.1) is 0 Å². The maximum absolute atomic E-state index is 12.7. The van der Waals surface area contributed by atoms with Crippen LogP contribution < -0.4 is 10.1 Å². The van der Waals surface area contributed by atoms with Crippen LogP contribution in [0.4, 0.5) is 0 Å². The zero-order chi connectivity index (χ0) is 17.9. The van der Waals surface area contributed by atoms with Gasteiger partial charge in [0.2, 0.25) is 0 Å². The normalized spacial score (nSPS) is 30.0. The molecule has 0 radical (unpaired) electrons. The van der Waals surface area contributed by atoms with E-state index in [0.29, 0.717) is 23.7 Å². The van der Waals surface area contributed by atoms with Crippen LogP contribution >= 0.6 is 0 Å². The number of fused-ring (bicyclic) bond motifs is 2. The van der Waals surface area contributed by atoms with Crippen LogP contribution in [0.15, 0.2) is 24.3 Å². The van der Waals surface area contributed by atoms with Gasteiger partial charge in [-0.05, 0) is 56.7 Å². The molecule has 3 fully saturated rings. The summed E-state index contributed by atoms with van der Waals surface area (Å²) in [6.45, 7) is 0. The van der Waals surface area contributed by atoms with Crippen LogP contribution in [0.5, 0.6) is 5.75 Å². The van der Waals surface area contributed by atoms with Gasteiger partial charge >= 0.3 is 0 Å². The molecule has 1 aromatic carbocycles. The first-order valence-electron chi connectivity index (χ1n) is 10.5. The number of rotatable bonds is 4. The first-order valence-corrected chi connectivity index (χ1v) is 10.5. The monoisotopic (exact) mass is 356 g/mol. The molecule has 2 saturated heterocycles. The highest BCUT2D eigenvalue weighted by atomic mass is 16.5. The molecule has 142 valence electrons. The maximum Gasteiger partial charge on any atom is 0.251 e. The quantitative estimate of drug-likeness (QED) is 0.881. The molecule has 3 aliphatic rings. The summed E-state index contributed by atoms with van der Waals surface area (Å²) in [5.74, 6) is 0.778. The molecule has 2 heterocycles. The number of amides is 1. The van der Waals surface area contributed by atoms with Gasteiger partial charge in [0.05, 0.1) is 7.11 Å². The molecule has 4 nitrogen and oxygen atoms in total. The van der Waals surface area contributed by atoms with E-state index in [1.165, 1.54) is 51.4 Å². The van der Waals surface area contributed by atoms with Crippen LogP contribution in [0.25, 0.3) is 0 Å². The number of nitrogens with zero attached hydrogens (tertiary/aromatic N) is 1. The summed E-state index contributed by atoms with van der Waals surface area (Å²) in [6.07, 6.45) is 13.2. The Hall–Kier alpha value is -1.55. The van der Waals surface area contributed by atoms with Crippen LogP contribution in [-0.2, 0) is 0 Å². The number of carbonyl (C=O) groups is 1. The average molecular weight is 357 g/mol. The van der Waals surface area contributed by atoms with Crippen molar-refractivity contribution in [3.8, 4) is 5.75 Å². The second-order valence-electron chi connectivity index (χ2n) is 8.35. The summed E-state index contributed by atoms with van der Waals surface area (Å²) in [6, 6.07) is 9.90. The number of piperidine rings is 2. The SMILES string of the molecule is COc1cccc(C(=O)NC2CC3CCCC(C2)N3C2CCCCC2)c1. The van der Waals surface area contributed by atoms with Gasteiger partial charge in [0.1, 0.15) is 5.75 Å². The standard InChI is InChI=1S/C22H32N2O2/c1-26-21-12-5-7-16(13-21)22(25)23-17-14-19-10-6-11-20(15-17)24(19)18-8-3-2-4-9-18/h5,7,12-13,17-20H,2-4,6,8-11,14-15H2,1H3,(H,23,25). The highest BCUT2D eigenvalue weighted by molar-refractivity contribution is 5.94. The largest absolute Gasteiger partial charge is 0.497 e. The van der Waals surface area contributed by atoms with E-state index in [0.717, 1.165) is 24.6 Å². The van der Waals surface area contributed by atoms with Crippen LogP contribution in [0.3, 0.4) is 0 Å². The molecule has 1 N–H and O–H groups in total. The summed E-state index contributed by atoms with van der Waals surface area (Å²) in [4.78, 5) is 15.6. The van der Waals surface area contributed by atoms with E-state index in [2.05, 4.69) is 10.2 Å². The van der Waals surface area contributed by atoms with Crippen LogP contribution in [0.1, 0.15) is 74.6 Å². The molecular formula is C22H32N2O2. The zero-order valence-electron chi connectivity index (χ0n) is 16.0. The number of hydrogen-bond donors (Lipinski definition) is 1. The van der Waals surface area contributed by atoms with E-state index < -0.39 is 0 Å². The van der Waals surface area contributed by atoms with Gasteiger partial charge in [-0.3, -0.25) is 9.69 Å². The number of carbonyl (C=O) groups excluding carboxylic acids is 1. The Labute approximate surface area is 157 Å². The van der Waals surface area contributed by atoms with Gasteiger partial charge in [-0.2, -0.15) is 0 Å². The van der Waals surface area contributed by atoms with Crippen molar-refractivity contribution in [1.82, 2.24) is 10.2 Å². The fourth-order valence-electron chi connectivity index (χ4n) is 5.54. The topological polar surface area (TPSA) is 41.6 Å². The summed E-state index contributed by atoms with van der Waals surface area (Å²) in [5.41, 5.74) is 0.698. The Morgan fingerprint density at radius 1 is 1.00 bits per heavy atom. The zero-order valence-corrected chi connectivity index (χ0v) is 16.0. The van der Waals surface area contributed by atoms with E-state index in [1.807, 2.05) is 24.3 Å². The Balaban J connectivity index is 1.41. The molecule has 1 aliphatic carbocycles. The number of hydrogen-bond acceptors (Lipinski definition) is 3. The minimum atomic E-state index is 0.0399. The highest BCUT2D eigenvalue weighted by Crippen LogP contribution is 2.39. The van der Waals surface area contributed by atoms with Crippen molar-refractivity contribution in [1.29, 1.82) is 0 Å². The Kier molecular flexibility index (Phi) is 5.49. The van der Waals surface area contributed by atoms with E-state index in [9.17, 15) is 4.79 Å². The second kappa shape index (κ2) is 7.99. The fraction of sp³-hybridized carbons (Fsp3) is 0.682. The first kappa shape index (κ1) is 17.8. The molecule has 0 spiro atoms. The minimum Gasteiger partial charge on any atom is -0.497 e. The summed E-state index contributed by atoms with van der Waals surface area (Å²) < 4.78 is 5.25. The molecule has 4 rings (SSSR count). The second-order valence-corrected chi connectivity index (χ2v) is 8.35. The van der Waals surface area contributed by atoms with Crippen LogP contribution in [0.2, 0.25) is 0 Å². The molecule has 1 saturated carbocycles. The van der Waals surface area contributed by atoms with Crippen molar-refractivity contribution >= 4 is 5.91 Å². The van der Waals surface area contributed by atoms with Crippen molar-refractivity contribution in [3.63, 3.8) is 0 Å². The van der Waals surface area contributed by atoms with Gasteiger partial charge in [0.25, 0.3) is 5.91 Å². The smallest absolute Gasteiger partial charge is 0.251 e. The lowest BCUT2D eigenvalue weighted by Gasteiger charge is -2.53. The molecule has 26 heavy (non-hydrogen) atoms. The lowest BCUT2D eigenvalue weighted by atomic mass is 9.78. The highest BCUT2D eigenvalue weighted by Gasteiger charge is 2.42. The third kappa shape index (κ3) is 3.75. The molecule has 4 heteroatoms. The molecule has 1 amide bonds. The summed E-state index contributed by atoms with van der Waals surface area (Å²) >= 11 is 0. The molecule has 2 aliphatic heterocycles. The number of ether oxygens (including phenoxy) is 1. The van der Waals surface area contributed by atoms with Crippen molar-refractivity contribution in [2.75, 3.05) is 7.11 Å². The van der Waals surface area contributed by atoms with Crippen molar-refractivity contribution in [2.45, 2.75) is 88.4 Å². The van der Waals surface area contributed by atoms with E-state index in [4.69, 9.17) is 4.74 Å². The Morgan fingerprint density at radius 3 is 2.38 bits per heavy atom. The predicted octanol–water partition coefficient (Wildman–Crippen LogP) is 4.14. The molecular weight excluding hydrogens is 324 g/mol. The number of benzene rings is 1. The van der Waals surface area contributed by atoms with E-state index in [1.54, 1.807) is 7.11 Å². The van der Waals surface area contributed by atoms with Crippen molar-refractivity contribution in [2.24, 2.45) is 0 Å². The molecule has 1 aromatic rings. The Bertz CT molecular complexity index is 612. The molecule has 2 unspecified atom stereocenters. The first-order chi connectivity index (χ1) is 12.7. The van der Waals surface area contributed by atoms with Gasteiger partial charge in [-0.15, -0.1) is 0 Å². The van der Waals surface area contributed by atoms with Gasteiger partial charge in [-0.1, -0.05) is 31.7 Å². The molecule has 0 aromatic heterocycles. The lowest BCUT2D eigenvalue weighted by molar-refractivity contribution is -0.0211. The maximum atomic E-state index is 12.7. The van der Waals surface area contributed by atoms with Gasteiger partial charge < -0.3 is 10.1 Å². The molecule has 2 bridgehead atoms. The third-order valence-electron chi connectivity index (χ3n) is 6.69. The average Bonchev–Trinajstić information content (AvgIpc) is 2.68.